The minimum atomic E-state index is -0.338. The fourth-order valence-electron chi connectivity index (χ4n) is 1.20. The summed E-state index contributed by atoms with van der Waals surface area (Å²) in [6.45, 7) is 0. The number of hydrogen-bond donors (Lipinski definition) is 1. The van der Waals surface area contributed by atoms with E-state index in [2.05, 4.69) is 15.3 Å². The van der Waals surface area contributed by atoms with E-state index in [1.165, 1.54) is 12.3 Å². The molecular weight excluding hydrogens is 261 g/mol. The fourth-order valence-corrected chi connectivity index (χ4v) is 1.53. The minimum absolute atomic E-state index is 0.155. The molecule has 0 aliphatic rings. The van der Waals surface area contributed by atoms with Gasteiger partial charge < -0.3 is 0 Å². The molecular formula is C11H7Cl2N3O. The van der Waals surface area contributed by atoms with Crippen LogP contribution in [0.5, 0.6) is 0 Å². The van der Waals surface area contributed by atoms with E-state index in [1.54, 1.807) is 24.3 Å². The second-order valence-corrected chi connectivity index (χ2v) is 3.99. The van der Waals surface area contributed by atoms with E-state index in [4.69, 9.17) is 23.2 Å². The quantitative estimate of drug-likeness (QED) is 0.851. The predicted molar refractivity (Wildman–Crippen MR) is 66.4 cm³/mol. The van der Waals surface area contributed by atoms with Gasteiger partial charge in [0, 0.05) is 16.8 Å². The van der Waals surface area contributed by atoms with Crippen LogP contribution in [-0.4, -0.2) is 15.9 Å². The summed E-state index contributed by atoms with van der Waals surface area (Å²) in [6, 6.07) is 8.11. The van der Waals surface area contributed by atoms with Crippen LogP contribution in [0.25, 0.3) is 0 Å². The van der Waals surface area contributed by atoms with Crippen LogP contribution in [-0.2, 0) is 0 Å². The molecule has 1 aromatic heterocycles. The summed E-state index contributed by atoms with van der Waals surface area (Å²) in [6.07, 6.45) is 1.46. The molecule has 1 amide bonds. The van der Waals surface area contributed by atoms with Crippen LogP contribution in [0.15, 0.2) is 36.5 Å². The van der Waals surface area contributed by atoms with Crippen molar-refractivity contribution in [2.45, 2.75) is 0 Å². The molecule has 0 aliphatic heterocycles. The largest absolute Gasteiger partial charge is 0.290 e. The molecule has 0 atom stereocenters. The second kappa shape index (κ2) is 5.12. The molecule has 0 unspecified atom stereocenters. The molecule has 1 aromatic carbocycles. The summed E-state index contributed by atoms with van der Waals surface area (Å²) in [4.78, 5) is 19.5. The molecule has 0 aliphatic carbocycles. The van der Waals surface area contributed by atoms with Crippen LogP contribution in [0.1, 0.15) is 10.4 Å². The molecule has 4 nitrogen and oxygen atoms in total. The highest BCUT2D eigenvalue weighted by molar-refractivity contribution is 6.31. The van der Waals surface area contributed by atoms with Gasteiger partial charge in [0.2, 0.25) is 5.95 Å². The molecule has 1 heterocycles. The zero-order valence-electron chi connectivity index (χ0n) is 8.52. The van der Waals surface area contributed by atoms with Gasteiger partial charge in [-0.3, -0.25) is 10.1 Å². The van der Waals surface area contributed by atoms with Gasteiger partial charge in [-0.2, -0.15) is 0 Å². The average molecular weight is 268 g/mol. The second-order valence-electron chi connectivity index (χ2n) is 3.17. The molecule has 1 N–H and O–H groups in total. The molecule has 2 aromatic rings. The van der Waals surface area contributed by atoms with Crippen LogP contribution in [0.4, 0.5) is 5.95 Å². The first-order chi connectivity index (χ1) is 8.15. The van der Waals surface area contributed by atoms with E-state index in [0.717, 1.165) is 0 Å². The topological polar surface area (TPSA) is 54.9 Å². The lowest BCUT2D eigenvalue weighted by Gasteiger charge is -2.03. The third-order valence-corrected chi connectivity index (χ3v) is 2.38. The zero-order valence-corrected chi connectivity index (χ0v) is 10.0. The Kier molecular flexibility index (Phi) is 3.56. The number of rotatable bonds is 2. The van der Waals surface area contributed by atoms with Crippen LogP contribution in [0, 0.1) is 0 Å². The van der Waals surface area contributed by atoms with Gasteiger partial charge in [0.05, 0.1) is 0 Å². The van der Waals surface area contributed by atoms with Gasteiger partial charge in [-0.25, -0.2) is 9.97 Å². The smallest absolute Gasteiger partial charge is 0.258 e. The van der Waals surface area contributed by atoms with Crippen molar-refractivity contribution in [1.82, 2.24) is 9.97 Å². The Morgan fingerprint density at radius 1 is 1.24 bits per heavy atom. The van der Waals surface area contributed by atoms with Crippen molar-refractivity contribution in [3.63, 3.8) is 0 Å². The van der Waals surface area contributed by atoms with Crippen molar-refractivity contribution in [2.75, 3.05) is 5.32 Å². The lowest BCUT2D eigenvalue weighted by molar-refractivity contribution is 0.102. The predicted octanol–water partition coefficient (Wildman–Crippen LogP) is 3.04. The Bertz CT molecular complexity index is 560. The first-order valence-electron chi connectivity index (χ1n) is 4.70. The molecule has 86 valence electrons. The van der Waals surface area contributed by atoms with E-state index in [-0.39, 0.29) is 17.0 Å². The molecule has 0 radical (unpaired) electrons. The number of carbonyl (C=O) groups is 1. The molecule has 6 heteroatoms. The molecule has 0 saturated heterocycles. The Morgan fingerprint density at radius 2 is 2.06 bits per heavy atom. The number of aromatic nitrogens is 2. The lowest BCUT2D eigenvalue weighted by atomic mass is 10.2. The standard InChI is InChI=1S/C11H7Cl2N3O/c12-8-3-1-2-7(6-8)10(17)16-11-14-5-4-9(13)15-11/h1-6H,(H,14,15,16,17). The third-order valence-electron chi connectivity index (χ3n) is 1.93. The average Bonchev–Trinajstić information content (AvgIpc) is 2.29. The van der Waals surface area contributed by atoms with Crippen LogP contribution in [0.3, 0.4) is 0 Å². The highest BCUT2D eigenvalue weighted by Gasteiger charge is 2.08. The van der Waals surface area contributed by atoms with Gasteiger partial charge in [-0.15, -0.1) is 0 Å². The molecule has 0 saturated carbocycles. The van der Waals surface area contributed by atoms with Gasteiger partial charge in [0.1, 0.15) is 5.15 Å². The van der Waals surface area contributed by atoms with Crippen LogP contribution < -0.4 is 5.32 Å². The molecule has 2 rings (SSSR count). The van der Waals surface area contributed by atoms with Gasteiger partial charge >= 0.3 is 0 Å². The monoisotopic (exact) mass is 267 g/mol. The lowest BCUT2D eigenvalue weighted by Crippen LogP contribution is -2.13. The van der Waals surface area contributed by atoms with E-state index in [0.29, 0.717) is 10.6 Å². The Hall–Kier alpha value is -1.65. The number of benzene rings is 1. The first kappa shape index (κ1) is 11.8. The maximum Gasteiger partial charge on any atom is 0.258 e. The zero-order chi connectivity index (χ0) is 12.3. The van der Waals surface area contributed by atoms with Gasteiger partial charge in [-0.05, 0) is 24.3 Å². The highest BCUT2D eigenvalue weighted by Crippen LogP contribution is 2.12. The highest BCUT2D eigenvalue weighted by atomic mass is 35.5. The van der Waals surface area contributed by atoms with E-state index in [1.807, 2.05) is 0 Å². The summed E-state index contributed by atoms with van der Waals surface area (Å²) in [5.41, 5.74) is 0.432. The Morgan fingerprint density at radius 3 is 2.76 bits per heavy atom. The van der Waals surface area contributed by atoms with E-state index < -0.39 is 0 Å². The number of nitrogens with one attached hydrogen (secondary N) is 1. The number of carbonyl (C=O) groups excluding carboxylic acids is 1. The van der Waals surface area contributed by atoms with Crippen molar-refractivity contribution < 1.29 is 4.79 Å². The minimum Gasteiger partial charge on any atom is -0.290 e. The maximum absolute atomic E-state index is 11.8. The van der Waals surface area contributed by atoms with Gasteiger partial charge in [-0.1, -0.05) is 29.3 Å². The van der Waals surface area contributed by atoms with Gasteiger partial charge in [0.25, 0.3) is 5.91 Å². The van der Waals surface area contributed by atoms with Crippen molar-refractivity contribution in [2.24, 2.45) is 0 Å². The first-order valence-corrected chi connectivity index (χ1v) is 5.46. The molecule has 0 fully saturated rings. The summed E-state index contributed by atoms with van der Waals surface area (Å²) in [5.74, 6) is -0.183. The van der Waals surface area contributed by atoms with Gasteiger partial charge in [0.15, 0.2) is 0 Å². The summed E-state index contributed by atoms with van der Waals surface area (Å²) < 4.78 is 0. The molecule has 0 bridgehead atoms. The van der Waals surface area contributed by atoms with E-state index >= 15 is 0 Å². The van der Waals surface area contributed by atoms with E-state index in [9.17, 15) is 4.79 Å². The summed E-state index contributed by atoms with van der Waals surface area (Å²) >= 11 is 11.5. The van der Waals surface area contributed by atoms with Crippen LogP contribution >= 0.6 is 23.2 Å². The number of anilines is 1. The third kappa shape index (κ3) is 3.15. The maximum atomic E-state index is 11.8. The van der Waals surface area contributed by atoms with Crippen molar-refractivity contribution in [1.29, 1.82) is 0 Å². The van der Waals surface area contributed by atoms with Crippen LogP contribution in [0.2, 0.25) is 10.2 Å². The van der Waals surface area contributed by atoms with Crippen molar-refractivity contribution >= 4 is 35.1 Å². The fraction of sp³-hybridized carbons (Fsp3) is 0. The molecule has 0 spiro atoms. The van der Waals surface area contributed by atoms with Crippen molar-refractivity contribution in [3.8, 4) is 0 Å². The van der Waals surface area contributed by atoms with Crippen molar-refractivity contribution in [3.05, 3.63) is 52.3 Å². The number of hydrogen-bond acceptors (Lipinski definition) is 3. The number of nitrogens with zero attached hydrogens (tertiary/aromatic N) is 2. The molecule has 17 heavy (non-hydrogen) atoms. The normalized spacial score (nSPS) is 10.0. The summed E-state index contributed by atoms with van der Waals surface area (Å²) in [5, 5.41) is 3.28. The number of amides is 1. The SMILES string of the molecule is O=C(Nc1nccc(Cl)n1)c1cccc(Cl)c1. The Labute approximate surface area is 108 Å². The number of halogens is 2. The Balaban J connectivity index is 2.17. The summed E-state index contributed by atoms with van der Waals surface area (Å²) in [7, 11) is 0.